The molecule has 0 spiro atoms. The van der Waals surface area contributed by atoms with Crippen LogP contribution in [0.15, 0.2) is 0 Å². The van der Waals surface area contributed by atoms with E-state index in [4.69, 9.17) is 12.6 Å². The fourth-order valence-electron chi connectivity index (χ4n) is 0.727. The molecule has 55 valence electrons. The van der Waals surface area contributed by atoms with Crippen LogP contribution in [-0.2, 0) is 0 Å². The average molecular weight is 145 g/mol. The van der Waals surface area contributed by atoms with Crippen LogP contribution in [0.5, 0.6) is 0 Å². The molecule has 0 aromatic heterocycles. The normalized spacial score (nSPS) is 12.0. The van der Waals surface area contributed by atoms with Gasteiger partial charge in [0, 0.05) is 5.75 Å². The van der Waals surface area contributed by atoms with Crippen molar-refractivity contribution in [1.82, 2.24) is 0 Å². The third-order valence-corrected chi connectivity index (χ3v) is 2.38. The Morgan fingerprint density at radius 1 is 1.33 bits per heavy atom. The minimum Gasteiger partial charge on any atom is -0.0936 e. The molecule has 0 aromatic rings. The molecule has 0 aliphatic heterocycles. The maximum absolute atomic E-state index is 5.00. The van der Waals surface area contributed by atoms with E-state index in [0.29, 0.717) is 5.41 Å². The molecule has 0 atom stereocenters. The van der Waals surface area contributed by atoms with Gasteiger partial charge in [-0.2, -0.15) is 0 Å². The lowest BCUT2D eigenvalue weighted by Crippen LogP contribution is -2.12. The van der Waals surface area contributed by atoms with Crippen LogP contribution in [0.4, 0.5) is 0 Å². The monoisotopic (exact) mass is 145 g/mol. The zero-order chi connectivity index (χ0) is 7.33. The Hall–Kier alpha value is 0.350. The van der Waals surface area contributed by atoms with E-state index in [1.165, 1.54) is 19.3 Å². The molecular weight excluding hydrogens is 128 g/mol. The highest BCUT2D eigenvalue weighted by atomic mass is 32.1. The topological polar surface area (TPSA) is 0 Å². The number of rotatable bonds is 4. The number of hydrogen-bond acceptors (Lipinski definition) is 0. The van der Waals surface area contributed by atoms with Crippen molar-refractivity contribution in [2.45, 2.75) is 40.0 Å². The van der Waals surface area contributed by atoms with Crippen LogP contribution in [0.1, 0.15) is 40.0 Å². The molecule has 1 radical (unpaired) electrons. The molecule has 0 aliphatic rings. The van der Waals surface area contributed by atoms with Crippen LogP contribution in [0, 0.1) is 5.41 Å². The average Bonchev–Trinajstić information content (AvgIpc) is 1.84. The maximum Gasteiger partial charge on any atom is 0.00883 e. The molecule has 0 unspecified atom stereocenters. The van der Waals surface area contributed by atoms with Crippen molar-refractivity contribution < 1.29 is 0 Å². The van der Waals surface area contributed by atoms with Gasteiger partial charge in [0.05, 0.1) is 0 Å². The summed E-state index contributed by atoms with van der Waals surface area (Å²) in [5, 5.41) is 0. The Morgan fingerprint density at radius 2 is 1.89 bits per heavy atom. The van der Waals surface area contributed by atoms with E-state index in [1.807, 2.05) is 0 Å². The predicted molar refractivity (Wildman–Crippen MR) is 45.8 cm³/mol. The quantitative estimate of drug-likeness (QED) is 0.568. The van der Waals surface area contributed by atoms with Crippen molar-refractivity contribution in [3.8, 4) is 0 Å². The van der Waals surface area contributed by atoms with Gasteiger partial charge < -0.3 is 0 Å². The number of unbranched alkanes of at least 4 members (excludes halogenated alkanes) is 1. The standard InChI is InChI=1S/C8H17S/c1-4-5-6-8(2,3)7-9/h4-7H2,1-3H3. The third-order valence-electron chi connectivity index (χ3n) is 1.60. The molecule has 0 N–H and O–H groups in total. The van der Waals surface area contributed by atoms with Gasteiger partial charge in [0.15, 0.2) is 0 Å². The smallest absolute Gasteiger partial charge is 0.00883 e. The molecule has 0 aromatic carbocycles. The summed E-state index contributed by atoms with van der Waals surface area (Å²) >= 11 is 5.00. The van der Waals surface area contributed by atoms with Gasteiger partial charge in [-0.15, -0.1) is 0 Å². The molecule has 0 fully saturated rings. The lowest BCUT2D eigenvalue weighted by Gasteiger charge is -2.20. The van der Waals surface area contributed by atoms with Crippen LogP contribution in [0.2, 0.25) is 0 Å². The molecular formula is C8H17S. The third kappa shape index (κ3) is 4.83. The predicted octanol–water partition coefficient (Wildman–Crippen LogP) is 3.40. The van der Waals surface area contributed by atoms with Crippen LogP contribution in [0.25, 0.3) is 0 Å². The second kappa shape index (κ2) is 4.21. The first kappa shape index (κ1) is 9.35. The highest BCUT2D eigenvalue weighted by Gasteiger charge is 2.13. The Kier molecular flexibility index (Phi) is 4.37. The molecule has 0 amide bonds. The van der Waals surface area contributed by atoms with Gasteiger partial charge >= 0.3 is 0 Å². The van der Waals surface area contributed by atoms with Crippen LogP contribution in [-0.4, -0.2) is 5.75 Å². The van der Waals surface area contributed by atoms with Gasteiger partial charge in [0.25, 0.3) is 0 Å². The molecule has 1 heteroatoms. The fourth-order valence-corrected chi connectivity index (χ4v) is 0.872. The van der Waals surface area contributed by atoms with E-state index in [2.05, 4.69) is 20.8 Å². The lowest BCUT2D eigenvalue weighted by molar-refractivity contribution is 0.373. The summed E-state index contributed by atoms with van der Waals surface area (Å²) in [6.45, 7) is 6.71. The molecule has 0 bridgehead atoms. The fraction of sp³-hybridized carbons (Fsp3) is 1.00. The van der Waals surface area contributed by atoms with Crippen molar-refractivity contribution in [2.75, 3.05) is 5.75 Å². The van der Waals surface area contributed by atoms with Gasteiger partial charge in [0.1, 0.15) is 0 Å². The molecule has 0 saturated heterocycles. The lowest BCUT2D eigenvalue weighted by atomic mass is 9.90. The summed E-state index contributed by atoms with van der Waals surface area (Å²) in [6.07, 6.45) is 3.90. The van der Waals surface area contributed by atoms with Gasteiger partial charge in [-0.05, 0) is 11.8 Å². The van der Waals surface area contributed by atoms with E-state index in [-0.39, 0.29) is 0 Å². The molecule has 9 heavy (non-hydrogen) atoms. The second-order valence-corrected chi connectivity index (χ2v) is 3.70. The minimum absolute atomic E-state index is 0.408. The van der Waals surface area contributed by atoms with Gasteiger partial charge in [-0.25, -0.2) is 0 Å². The maximum atomic E-state index is 5.00. The van der Waals surface area contributed by atoms with Crippen molar-refractivity contribution in [3.05, 3.63) is 0 Å². The van der Waals surface area contributed by atoms with Gasteiger partial charge in [-0.1, -0.05) is 46.2 Å². The van der Waals surface area contributed by atoms with Gasteiger partial charge in [0.2, 0.25) is 0 Å². The van der Waals surface area contributed by atoms with E-state index in [0.717, 1.165) is 5.75 Å². The van der Waals surface area contributed by atoms with Crippen molar-refractivity contribution in [3.63, 3.8) is 0 Å². The summed E-state index contributed by atoms with van der Waals surface area (Å²) < 4.78 is 0. The molecule has 0 rings (SSSR count). The summed E-state index contributed by atoms with van der Waals surface area (Å²) in [6, 6.07) is 0. The van der Waals surface area contributed by atoms with E-state index < -0.39 is 0 Å². The zero-order valence-electron chi connectivity index (χ0n) is 6.74. The first-order valence-corrected chi connectivity index (χ1v) is 4.28. The summed E-state index contributed by atoms with van der Waals surface area (Å²) in [5.41, 5.74) is 0.408. The van der Waals surface area contributed by atoms with E-state index in [1.54, 1.807) is 0 Å². The molecule has 0 aliphatic carbocycles. The SMILES string of the molecule is CCCCC(C)(C)C[S]. The minimum atomic E-state index is 0.408. The van der Waals surface area contributed by atoms with E-state index in [9.17, 15) is 0 Å². The Labute approximate surface area is 64.4 Å². The van der Waals surface area contributed by atoms with Crippen LogP contribution < -0.4 is 0 Å². The van der Waals surface area contributed by atoms with E-state index >= 15 is 0 Å². The first-order chi connectivity index (χ1) is 4.12. The highest BCUT2D eigenvalue weighted by molar-refractivity contribution is 7.80. The largest absolute Gasteiger partial charge is 0.0936 e. The Bertz CT molecular complexity index is 67.0. The summed E-state index contributed by atoms with van der Waals surface area (Å²) in [7, 11) is 0. The Morgan fingerprint density at radius 3 is 2.22 bits per heavy atom. The number of hydrogen-bond donors (Lipinski definition) is 0. The molecule has 0 saturated carbocycles. The first-order valence-electron chi connectivity index (χ1n) is 3.70. The van der Waals surface area contributed by atoms with Crippen molar-refractivity contribution >= 4 is 12.6 Å². The Balaban J connectivity index is 3.33. The highest BCUT2D eigenvalue weighted by Crippen LogP contribution is 2.23. The molecule has 0 heterocycles. The summed E-state index contributed by atoms with van der Waals surface area (Å²) in [4.78, 5) is 0. The van der Waals surface area contributed by atoms with Crippen LogP contribution in [0.3, 0.4) is 0 Å². The van der Waals surface area contributed by atoms with Crippen molar-refractivity contribution in [2.24, 2.45) is 5.41 Å². The van der Waals surface area contributed by atoms with Gasteiger partial charge in [-0.3, -0.25) is 0 Å². The second-order valence-electron chi connectivity index (χ2n) is 3.41. The van der Waals surface area contributed by atoms with Crippen LogP contribution >= 0.6 is 12.6 Å². The molecule has 0 nitrogen and oxygen atoms in total. The van der Waals surface area contributed by atoms with Crippen molar-refractivity contribution in [1.29, 1.82) is 0 Å². The zero-order valence-corrected chi connectivity index (χ0v) is 7.55. The summed E-state index contributed by atoms with van der Waals surface area (Å²) in [5.74, 6) is 0.896.